The number of aromatic nitrogens is 1. The molecule has 1 aliphatic carbocycles. The first-order valence-corrected chi connectivity index (χ1v) is 7.61. The first kappa shape index (κ1) is 13.9. The van der Waals surface area contributed by atoms with Gasteiger partial charge in [-0.15, -0.1) is 0 Å². The van der Waals surface area contributed by atoms with Crippen LogP contribution in [0.25, 0.3) is 10.9 Å². The third-order valence-corrected chi connectivity index (χ3v) is 4.41. The summed E-state index contributed by atoms with van der Waals surface area (Å²) in [5.74, 6) is 0.409. The van der Waals surface area contributed by atoms with Gasteiger partial charge in [-0.1, -0.05) is 38.0 Å². The Balaban J connectivity index is 1.84. The number of anilines is 1. The standard InChI is InChI=1S/C17H21N3O/c1-11-6-2-4-8-14(11)20-17(21)16-10-13(18)12-7-3-5-9-15(12)19-16/h3,5,7,9-11,14H,2,4,6,8H2,1H3,(H2,18,19)(H,20,21). The van der Waals surface area contributed by atoms with Crippen molar-refractivity contribution in [3.8, 4) is 0 Å². The molecule has 1 saturated carbocycles. The van der Waals surface area contributed by atoms with Crippen molar-refractivity contribution in [3.63, 3.8) is 0 Å². The van der Waals surface area contributed by atoms with Crippen LogP contribution in [-0.4, -0.2) is 16.9 Å². The number of para-hydroxylation sites is 1. The first-order chi connectivity index (χ1) is 10.1. The molecule has 2 aromatic rings. The predicted molar refractivity (Wildman–Crippen MR) is 85.0 cm³/mol. The molecule has 0 spiro atoms. The number of pyridine rings is 1. The third kappa shape index (κ3) is 2.84. The minimum absolute atomic E-state index is 0.119. The Morgan fingerprint density at radius 2 is 2.05 bits per heavy atom. The number of nitrogen functional groups attached to an aromatic ring is 1. The molecule has 0 bridgehead atoms. The van der Waals surface area contributed by atoms with Crippen LogP contribution in [0.5, 0.6) is 0 Å². The normalized spacial score (nSPS) is 22.1. The van der Waals surface area contributed by atoms with Crippen molar-refractivity contribution >= 4 is 22.5 Å². The van der Waals surface area contributed by atoms with Gasteiger partial charge in [0.15, 0.2) is 0 Å². The van der Waals surface area contributed by atoms with Crippen molar-refractivity contribution < 1.29 is 4.79 Å². The van der Waals surface area contributed by atoms with Crippen LogP contribution in [0.15, 0.2) is 30.3 Å². The monoisotopic (exact) mass is 283 g/mol. The van der Waals surface area contributed by atoms with Crippen LogP contribution in [0.2, 0.25) is 0 Å². The summed E-state index contributed by atoms with van der Waals surface area (Å²) in [4.78, 5) is 16.9. The summed E-state index contributed by atoms with van der Waals surface area (Å²) in [6.45, 7) is 2.20. The summed E-state index contributed by atoms with van der Waals surface area (Å²) in [5, 5.41) is 4.01. The van der Waals surface area contributed by atoms with Gasteiger partial charge in [0.05, 0.1) is 5.52 Å². The van der Waals surface area contributed by atoms with Crippen LogP contribution < -0.4 is 11.1 Å². The van der Waals surface area contributed by atoms with E-state index in [2.05, 4.69) is 17.2 Å². The second kappa shape index (κ2) is 5.72. The van der Waals surface area contributed by atoms with Crippen LogP contribution >= 0.6 is 0 Å². The van der Waals surface area contributed by atoms with Crippen LogP contribution in [0.4, 0.5) is 5.69 Å². The molecular weight excluding hydrogens is 262 g/mol. The number of benzene rings is 1. The van der Waals surface area contributed by atoms with Crippen molar-refractivity contribution in [1.29, 1.82) is 0 Å². The molecule has 1 heterocycles. The third-order valence-electron chi connectivity index (χ3n) is 4.41. The van der Waals surface area contributed by atoms with Gasteiger partial charge in [-0.05, 0) is 30.9 Å². The van der Waals surface area contributed by atoms with E-state index in [1.54, 1.807) is 6.07 Å². The second-order valence-electron chi connectivity index (χ2n) is 5.96. The Hall–Kier alpha value is -2.10. The van der Waals surface area contributed by atoms with Crippen LogP contribution in [0.3, 0.4) is 0 Å². The molecule has 21 heavy (non-hydrogen) atoms. The van der Waals surface area contributed by atoms with Crippen molar-refractivity contribution in [3.05, 3.63) is 36.0 Å². The average molecular weight is 283 g/mol. The number of rotatable bonds is 2. The zero-order valence-electron chi connectivity index (χ0n) is 12.3. The number of nitrogens with zero attached hydrogens (tertiary/aromatic N) is 1. The Morgan fingerprint density at radius 3 is 2.86 bits per heavy atom. The lowest BCUT2D eigenvalue weighted by Crippen LogP contribution is -2.41. The molecule has 1 amide bonds. The molecule has 1 fully saturated rings. The minimum atomic E-state index is -0.119. The Bertz CT molecular complexity index is 668. The van der Waals surface area contributed by atoms with Gasteiger partial charge in [0.1, 0.15) is 5.69 Å². The maximum atomic E-state index is 12.4. The van der Waals surface area contributed by atoms with Gasteiger partial charge in [-0.3, -0.25) is 4.79 Å². The Labute approximate surface area is 124 Å². The number of hydrogen-bond donors (Lipinski definition) is 2. The summed E-state index contributed by atoms with van der Waals surface area (Å²) in [6, 6.07) is 9.55. The molecule has 1 aliphatic rings. The highest BCUT2D eigenvalue weighted by molar-refractivity contribution is 5.99. The zero-order chi connectivity index (χ0) is 14.8. The summed E-state index contributed by atoms with van der Waals surface area (Å²) < 4.78 is 0. The largest absolute Gasteiger partial charge is 0.398 e. The number of amides is 1. The molecule has 0 aliphatic heterocycles. The molecule has 4 heteroatoms. The smallest absolute Gasteiger partial charge is 0.270 e. The van der Waals surface area contributed by atoms with E-state index < -0.39 is 0 Å². The highest BCUT2D eigenvalue weighted by Crippen LogP contribution is 2.24. The maximum Gasteiger partial charge on any atom is 0.270 e. The number of carbonyl (C=O) groups excluding carboxylic acids is 1. The summed E-state index contributed by atoms with van der Waals surface area (Å²) >= 11 is 0. The fourth-order valence-electron chi connectivity index (χ4n) is 3.09. The van der Waals surface area contributed by atoms with Crippen molar-refractivity contribution in [2.45, 2.75) is 38.6 Å². The maximum absolute atomic E-state index is 12.4. The van der Waals surface area contributed by atoms with E-state index >= 15 is 0 Å². The predicted octanol–water partition coefficient (Wildman–Crippen LogP) is 3.13. The van der Waals surface area contributed by atoms with Crippen LogP contribution in [0, 0.1) is 5.92 Å². The van der Waals surface area contributed by atoms with E-state index in [0.29, 0.717) is 17.3 Å². The lowest BCUT2D eigenvalue weighted by molar-refractivity contribution is 0.0905. The van der Waals surface area contributed by atoms with Crippen LogP contribution in [0.1, 0.15) is 43.1 Å². The minimum Gasteiger partial charge on any atom is -0.398 e. The molecule has 4 nitrogen and oxygen atoms in total. The van der Waals surface area contributed by atoms with Gasteiger partial charge >= 0.3 is 0 Å². The van der Waals surface area contributed by atoms with E-state index in [1.165, 1.54) is 19.3 Å². The van der Waals surface area contributed by atoms with E-state index in [9.17, 15) is 4.79 Å². The van der Waals surface area contributed by atoms with Crippen molar-refractivity contribution in [2.75, 3.05) is 5.73 Å². The van der Waals surface area contributed by atoms with Crippen LogP contribution in [-0.2, 0) is 0 Å². The van der Waals surface area contributed by atoms with E-state index in [-0.39, 0.29) is 11.9 Å². The van der Waals surface area contributed by atoms with E-state index in [1.807, 2.05) is 24.3 Å². The molecule has 1 aromatic heterocycles. The number of carbonyl (C=O) groups is 1. The van der Waals surface area contributed by atoms with Gasteiger partial charge in [0, 0.05) is 17.1 Å². The lowest BCUT2D eigenvalue weighted by atomic mass is 9.86. The molecule has 2 unspecified atom stereocenters. The Kier molecular flexibility index (Phi) is 3.78. The molecule has 0 radical (unpaired) electrons. The zero-order valence-corrected chi connectivity index (χ0v) is 12.3. The average Bonchev–Trinajstić information content (AvgIpc) is 2.49. The van der Waals surface area contributed by atoms with Gasteiger partial charge in [-0.2, -0.15) is 0 Å². The first-order valence-electron chi connectivity index (χ1n) is 7.61. The number of nitrogens with two attached hydrogens (primary N) is 1. The fraction of sp³-hybridized carbons (Fsp3) is 0.412. The lowest BCUT2D eigenvalue weighted by Gasteiger charge is -2.29. The van der Waals surface area contributed by atoms with Gasteiger partial charge in [0.2, 0.25) is 0 Å². The second-order valence-corrected chi connectivity index (χ2v) is 5.96. The highest BCUT2D eigenvalue weighted by atomic mass is 16.1. The highest BCUT2D eigenvalue weighted by Gasteiger charge is 2.23. The molecule has 110 valence electrons. The topological polar surface area (TPSA) is 68.0 Å². The van der Waals surface area contributed by atoms with Gasteiger partial charge < -0.3 is 11.1 Å². The number of fused-ring (bicyclic) bond motifs is 1. The number of nitrogens with one attached hydrogen (secondary N) is 1. The van der Waals surface area contributed by atoms with Crippen molar-refractivity contribution in [2.24, 2.45) is 5.92 Å². The van der Waals surface area contributed by atoms with Gasteiger partial charge in [-0.25, -0.2) is 4.98 Å². The number of hydrogen-bond acceptors (Lipinski definition) is 3. The summed E-state index contributed by atoms with van der Waals surface area (Å²) in [6.07, 6.45) is 4.67. The fourth-order valence-corrected chi connectivity index (χ4v) is 3.09. The van der Waals surface area contributed by atoms with Crippen molar-refractivity contribution in [1.82, 2.24) is 10.3 Å². The van der Waals surface area contributed by atoms with E-state index in [0.717, 1.165) is 17.3 Å². The quantitative estimate of drug-likeness (QED) is 0.889. The summed E-state index contributed by atoms with van der Waals surface area (Å²) in [7, 11) is 0. The molecule has 0 saturated heterocycles. The molecule has 2 atom stereocenters. The Morgan fingerprint density at radius 1 is 1.29 bits per heavy atom. The molecule has 1 aromatic carbocycles. The molecule has 3 N–H and O–H groups in total. The van der Waals surface area contributed by atoms with Gasteiger partial charge in [0.25, 0.3) is 5.91 Å². The van der Waals surface area contributed by atoms with E-state index in [4.69, 9.17) is 5.73 Å². The molecule has 3 rings (SSSR count). The molecular formula is C17H21N3O. The summed E-state index contributed by atoms with van der Waals surface area (Å²) in [5.41, 5.74) is 7.80. The SMILES string of the molecule is CC1CCCCC1NC(=O)c1cc(N)c2ccccc2n1.